The molecule has 0 saturated carbocycles. The van der Waals surface area contributed by atoms with E-state index in [4.69, 9.17) is 11.8 Å². The number of pyridine rings is 1. The number of anilines is 2. The smallest absolute Gasteiger partial charge is 0.278 e. The summed E-state index contributed by atoms with van der Waals surface area (Å²) < 4.78 is 26.6. The Balaban J connectivity index is 1.75. The van der Waals surface area contributed by atoms with Crippen molar-refractivity contribution in [1.29, 1.82) is 0 Å². The van der Waals surface area contributed by atoms with E-state index < -0.39 is 10.0 Å². The lowest BCUT2D eigenvalue weighted by atomic mass is 10.0. The van der Waals surface area contributed by atoms with Crippen molar-refractivity contribution in [2.45, 2.75) is 50.6 Å². The molecule has 1 aliphatic heterocycles. The van der Waals surface area contributed by atoms with Crippen molar-refractivity contribution >= 4 is 33.3 Å². The van der Waals surface area contributed by atoms with Crippen LogP contribution in [-0.4, -0.2) is 50.0 Å². The monoisotopic (exact) mass is 462 g/mol. The molecule has 0 bridgehead atoms. The minimum Gasteiger partial charge on any atom is -0.354 e. The van der Waals surface area contributed by atoms with Gasteiger partial charge in [-0.25, -0.2) is 4.98 Å². The number of nitrogens with zero attached hydrogens (tertiary/aromatic N) is 4. The number of rotatable bonds is 7. The second kappa shape index (κ2) is 9.59. The molecule has 168 valence electrons. The van der Waals surface area contributed by atoms with Crippen LogP contribution in [0.15, 0.2) is 60.1 Å². The lowest BCUT2D eigenvalue weighted by Crippen LogP contribution is -2.56. The first kappa shape index (κ1) is 23.6. The third-order valence-electron chi connectivity index (χ3n) is 5.76. The average molecular weight is 463 g/mol. The predicted octanol–water partition coefficient (Wildman–Crippen LogP) is 4.64. The van der Waals surface area contributed by atoms with Crippen LogP contribution >= 0.6 is 11.8 Å². The Morgan fingerprint density at radius 2 is 1.77 bits per heavy atom. The maximum atomic E-state index is 12.9. The van der Waals surface area contributed by atoms with Crippen molar-refractivity contribution in [1.82, 2.24) is 9.88 Å². The summed E-state index contributed by atoms with van der Waals surface area (Å²) in [7, 11) is -3.87. The molecular weight excluding hydrogens is 432 g/mol. The molecule has 3 rings (SSSR count). The standard InChI is InChI=1S/C23H31ClN4O2S/c1-6-13-27-18(4)15-26(16-19(27)5)23-12-9-21(14-25-23)28(24)31(29,30)22-10-7-20(8-11-22)17(2)3/h6-12,14,17-19H,1,13,15-16H2,2-5H3. The summed E-state index contributed by atoms with van der Waals surface area (Å²) in [4.78, 5) is 9.29. The van der Waals surface area contributed by atoms with Crippen LogP contribution in [0.2, 0.25) is 0 Å². The molecule has 1 aliphatic rings. The van der Waals surface area contributed by atoms with E-state index in [1.807, 2.05) is 24.3 Å². The van der Waals surface area contributed by atoms with Gasteiger partial charge in [-0.15, -0.1) is 6.58 Å². The van der Waals surface area contributed by atoms with E-state index in [9.17, 15) is 8.42 Å². The van der Waals surface area contributed by atoms with Crippen molar-refractivity contribution in [3.05, 3.63) is 60.8 Å². The highest BCUT2D eigenvalue weighted by Crippen LogP contribution is 2.28. The topological polar surface area (TPSA) is 56.8 Å². The number of halogens is 1. The van der Waals surface area contributed by atoms with E-state index in [1.54, 1.807) is 18.2 Å². The maximum absolute atomic E-state index is 12.9. The van der Waals surface area contributed by atoms with Gasteiger partial charge in [-0.05, 0) is 49.6 Å². The first-order valence-electron chi connectivity index (χ1n) is 10.5. The number of sulfonamides is 1. The fourth-order valence-corrected chi connectivity index (χ4v) is 5.37. The lowest BCUT2D eigenvalue weighted by Gasteiger charge is -2.44. The molecule has 0 N–H and O–H groups in total. The molecule has 2 atom stereocenters. The fraction of sp³-hybridized carbons (Fsp3) is 0.435. The van der Waals surface area contributed by atoms with Crippen LogP contribution in [0, 0.1) is 0 Å². The van der Waals surface area contributed by atoms with Crippen molar-refractivity contribution in [3.63, 3.8) is 0 Å². The molecule has 0 aliphatic carbocycles. The summed E-state index contributed by atoms with van der Waals surface area (Å²) in [6, 6.07) is 11.1. The second-order valence-corrected chi connectivity index (χ2v) is 10.7. The lowest BCUT2D eigenvalue weighted by molar-refractivity contribution is 0.148. The summed E-state index contributed by atoms with van der Waals surface area (Å²) >= 11 is 6.25. The van der Waals surface area contributed by atoms with E-state index in [0.717, 1.165) is 34.8 Å². The summed E-state index contributed by atoms with van der Waals surface area (Å²) in [5.41, 5.74) is 1.38. The molecule has 1 aromatic carbocycles. The summed E-state index contributed by atoms with van der Waals surface area (Å²) in [6.07, 6.45) is 3.44. The molecule has 1 saturated heterocycles. The third kappa shape index (κ3) is 5.05. The highest BCUT2D eigenvalue weighted by molar-refractivity contribution is 7.94. The van der Waals surface area contributed by atoms with Crippen molar-refractivity contribution in [2.24, 2.45) is 0 Å². The Labute approximate surface area is 191 Å². The van der Waals surface area contributed by atoms with Crippen LogP contribution in [-0.2, 0) is 10.0 Å². The molecule has 1 aromatic heterocycles. The highest BCUT2D eigenvalue weighted by atomic mass is 35.5. The molecule has 2 unspecified atom stereocenters. The molecule has 0 radical (unpaired) electrons. The van der Waals surface area contributed by atoms with Crippen LogP contribution in [0.25, 0.3) is 0 Å². The van der Waals surface area contributed by atoms with E-state index in [-0.39, 0.29) is 4.90 Å². The molecular formula is C23H31ClN4O2S. The van der Waals surface area contributed by atoms with Crippen LogP contribution in [0.3, 0.4) is 0 Å². The zero-order valence-corrected chi connectivity index (χ0v) is 20.1. The molecule has 1 fully saturated rings. The minimum absolute atomic E-state index is 0.150. The Bertz CT molecular complexity index is 981. The number of piperazine rings is 1. The van der Waals surface area contributed by atoms with Gasteiger partial charge in [0.25, 0.3) is 10.0 Å². The molecule has 2 heterocycles. The average Bonchev–Trinajstić information content (AvgIpc) is 2.75. The normalized spacial score (nSPS) is 20.1. The van der Waals surface area contributed by atoms with Crippen LogP contribution in [0.1, 0.15) is 39.2 Å². The predicted molar refractivity (Wildman–Crippen MR) is 128 cm³/mol. The molecule has 2 aromatic rings. The van der Waals surface area contributed by atoms with Crippen LogP contribution < -0.4 is 8.72 Å². The van der Waals surface area contributed by atoms with Crippen LogP contribution in [0.4, 0.5) is 11.5 Å². The van der Waals surface area contributed by atoms with Crippen molar-refractivity contribution in [3.8, 4) is 0 Å². The van der Waals surface area contributed by atoms with Gasteiger partial charge in [-0.1, -0.05) is 32.1 Å². The van der Waals surface area contributed by atoms with Crippen molar-refractivity contribution in [2.75, 3.05) is 28.4 Å². The Morgan fingerprint density at radius 3 is 2.26 bits per heavy atom. The van der Waals surface area contributed by atoms with Gasteiger partial charge in [0.2, 0.25) is 0 Å². The van der Waals surface area contributed by atoms with Gasteiger partial charge in [0.15, 0.2) is 0 Å². The van der Waals surface area contributed by atoms with Gasteiger partial charge in [0.1, 0.15) is 5.82 Å². The quantitative estimate of drug-likeness (QED) is 0.443. The first-order valence-corrected chi connectivity index (χ1v) is 12.3. The van der Waals surface area contributed by atoms with E-state index in [1.165, 1.54) is 6.20 Å². The summed E-state index contributed by atoms with van der Waals surface area (Å²) in [5, 5.41) is 0. The number of hydrogen-bond donors (Lipinski definition) is 0. The zero-order valence-electron chi connectivity index (χ0n) is 18.6. The number of benzene rings is 1. The van der Waals surface area contributed by atoms with Gasteiger partial charge >= 0.3 is 0 Å². The molecule has 6 nitrogen and oxygen atoms in total. The van der Waals surface area contributed by atoms with E-state index in [0.29, 0.717) is 23.7 Å². The minimum atomic E-state index is -3.87. The number of hydrogen-bond acceptors (Lipinski definition) is 5. The molecule has 0 spiro atoms. The Kier molecular flexibility index (Phi) is 7.29. The largest absolute Gasteiger partial charge is 0.354 e. The van der Waals surface area contributed by atoms with Gasteiger partial charge in [-0.3, -0.25) is 4.90 Å². The molecule has 0 amide bonds. The van der Waals surface area contributed by atoms with Crippen LogP contribution in [0.5, 0.6) is 0 Å². The number of aromatic nitrogens is 1. The van der Waals surface area contributed by atoms with Crippen molar-refractivity contribution < 1.29 is 8.42 Å². The first-order chi connectivity index (χ1) is 14.6. The summed E-state index contributed by atoms with van der Waals surface area (Å²) in [6.45, 7) is 14.9. The maximum Gasteiger partial charge on any atom is 0.278 e. The van der Waals surface area contributed by atoms with Gasteiger partial charge in [0, 0.05) is 43.5 Å². The molecule has 31 heavy (non-hydrogen) atoms. The zero-order chi connectivity index (χ0) is 22.8. The third-order valence-corrected chi connectivity index (χ3v) is 8.00. The van der Waals surface area contributed by atoms with Gasteiger partial charge in [-0.2, -0.15) is 12.2 Å². The summed E-state index contributed by atoms with van der Waals surface area (Å²) in [5.74, 6) is 1.13. The Morgan fingerprint density at radius 1 is 1.16 bits per heavy atom. The fourth-order valence-electron chi connectivity index (χ4n) is 3.98. The highest BCUT2D eigenvalue weighted by Gasteiger charge is 2.29. The van der Waals surface area contributed by atoms with Gasteiger partial charge in [0.05, 0.1) is 16.8 Å². The molecule has 8 heteroatoms. The van der Waals surface area contributed by atoms with E-state index >= 15 is 0 Å². The second-order valence-electron chi connectivity index (χ2n) is 8.41. The van der Waals surface area contributed by atoms with E-state index in [2.05, 4.69) is 49.1 Å². The Hall–Kier alpha value is -2.09. The SMILES string of the molecule is C=CCN1C(C)CN(c2ccc(N(Cl)S(=O)(=O)c3ccc(C(C)C)cc3)cn2)CC1C. The van der Waals surface area contributed by atoms with Gasteiger partial charge < -0.3 is 4.90 Å².